The molecule has 0 aliphatic carbocycles. The Bertz CT molecular complexity index is 463. The molecular formula is C15H19Cl2NO2. The number of piperidine rings is 1. The molecule has 2 atom stereocenters. The molecule has 3 nitrogen and oxygen atoms in total. The lowest BCUT2D eigenvalue weighted by Gasteiger charge is -2.34. The minimum Gasteiger partial charge on any atom is -0.481 e. The summed E-state index contributed by atoms with van der Waals surface area (Å²) < 4.78 is 5.50. The normalized spacial score (nSPS) is 22.7. The maximum atomic E-state index is 12.2. The van der Waals surface area contributed by atoms with Crippen LogP contribution in [-0.2, 0) is 4.79 Å². The number of carbonyl (C=O) groups excluding carboxylic acids is 1. The number of carbonyl (C=O) groups is 1. The predicted octanol–water partition coefficient (Wildman–Crippen LogP) is 3.88. The summed E-state index contributed by atoms with van der Waals surface area (Å²) in [5.74, 6) is 1.43. The average molecular weight is 316 g/mol. The highest BCUT2D eigenvalue weighted by atomic mass is 35.5. The van der Waals surface area contributed by atoms with E-state index in [-0.39, 0.29) is 12.5 Å². The first kappa shape index (κ1) is 15.5. The van der Waals surface area contributed by atoms with Crippen LogP contribution in [0.25, 0.3) is 0 Å². The van der Waals surface area contributed by atoms with Crippen molar-refractivity contribution >= 4 is 29.1 Å². The van der Waals surface area contributed by atoms with Gasteiger partial charge in [0.25, 0.3) is 5.91 Å². The van der Waals surface area contributed by atoms with Crippen molar-refractivity contribution in [3.63, 3.8) is 0 Å². The van der Waals surface area contributed by atoms with Crippen molar-refractivity contribution in [3.05, 3.63) is 28.2 Å². The number of hydrogen-bond acceptors (Lipinski definition) is 2. The molecule has 5 heteroatoms. The number of likely N-dealkylation sites (tertiary alicyclic amines) is 1. The first-order valence-electron chi connectivity index (χ1n) is 6.82. The molecule has 110 valence electrons. The molecule has 1 saturated heterocycles. The second-order valence-corrected chi connectivity index (χ2v) is 6.40. The third-order valence-electron chi connectivity index (χ3n) is 3.48. The highest BCUT2D eigenvalue weighted by molar-refractivity contribution is 6.37. The second-order valence-electron chi connectivity index (χ2n) is 5.58. The van der Waals surface area contributed by atoms with Gasteiger partial charge in [0, 0.05) is 13.1 Å². The van der Waals surface area contributed by atoms with Gasteiger partial charge in [-0.25, -0.2) is 0 Å². The van der Waals surface area contributed by atoms with E-state index in [1.165, 1.54) is 6.42 Å². The lowest BCUT2D eigenvalue weighted by Crippen LogP contribution is -2.44. The number of benzene rings is 1. The summed E-state index contributed by atoms with van der Waals surface area (Å²) in [6.45, 7) is 5.90. The van der Waals surface area contributed by atoms with Crippen molar-refractivity contribution in [2.75, 3.05) is 19.7 Å². The molecule has 1 aromatic carbocycles. The van der Waals surface area contributed by atoms with Crippen LogP contribution in [0.4, 0.5) is 0 Å². The van der Waals surface area contributed by atoms with Gasteiger partial charge in [0.1, 0.15) is 0 Å². The lowest BCUT2D eigenvalue weighted by atomic mass is 9.92. The topological polar surface area (TPSA) is 29.5 Å². The summed E-state index contributed by atoms with van der Waals surface area (Å²) in [6, 6.07) is 5.13. The Morgan fingerprint density at radius 1 is 1.25 bits per heavy atom. The maximum absolute atomic E-state index is 12.2. The maximum Gasteiger partial charge on any atom is 0.260 e. The SMILES string of the molecule is CC1CC(C)CN(C(=O)COc2c(Cl)cccc2Cl)C1. The summed E-state index contributed by atoms with van der Waals surface area (Å²) in [5.41, 5.74) is 0. The van der Waals surface area contributed by atoms with Crippen molar-refractivity contribution in [1.29, 1.82) is 0 Å². The monoisotopic (exact) mass is 315 g/mol. The number of para-hydroxylation sites is 1. The molecule has 2 unspecified atom stereocenters. The Labute approximate surface area is 129 Å². The summed E-state index contributed by atoms with van der Waals surface area (Å²) in [5, 5.41) is 0.844. The van der Waals surface area contributed by atoms with Gasteiger partial charge in [0.2, 0.25) is 0 Å². The number of amides is 1. The molecule has 1 heterocycles. The highest BCUT2D eigenvalue weighted by Crippen LogP contribution is 2.32. The molecule has 2 rings (SSSR count). The van der Waals surface area contributed by atoms with Gasteiger partial charge in [-0.05, 0) is 30.4 Å². The summed E-state index contributed by atoms with van der Waals surface area (Å²) in [4.78, 5) is 14.1. The average Bonchev–Trinajstić information content (AvgIpc) is 2.36. The van der Waals surface area contributed by atoms with Gasteiger partial charge < -0.3 is 9.64 Å². The van der Waals surface area contributed by atoms with Crippen molar-refractivity contribution < 1.29 is 9.53 Å². The van der Waals surface area contributed by atoms with Crippen molar-refractivity contribution in [1.82, 2.24) is 4.90 Å². The quantitative estimate of drug-likeness (QED) is 0.847. The Kier molecular flexibility index (Phi) is 5.17. The fraction of sp³-hybridized carbons (Fsp3) is 0.533. The highest BCUT2D eigenvalue weighted by Gasteiger charge is 2.25. The van der Waals surface area contributed by atoms with E-state index in [9.17, 15) is 4.79 Å². The third kappa shape index (κ3) is 3.80. The summed E-state index contributed by atoms with van der Waals surface area (Å²) in [7, 11) is 0. The molecular weight excluding hydrogens is 297 g/mol. The van der Waals surface area contributed by atoms with E-state index in [0.29, 0.717) is 27.6 Å². The third-order valence-corrected chi connectivity index (χ3v) is 4.08. The first-order valence-corrected chi connectivity index (χ1v) is 7.57. The van der Waals surface area contributed by atoms with Gasteiger partial charge in [-0.1, -0.05) is 43.1 Å². The first-order chi connectivity index (χ1) is 9.47. The molecule has 20 heavy (non-hydrogen) atoms. The molecule has 0 N–H and O–H groups in total. The minimum absolute atomic E-state index is 0.0145. The van der Waals surface area contributed by atoms with E-state index >= 15 is 0 Å². The van der Waals surface area contributed by atoms with Gasteiger partial charge in [0.15, 0.2) is 12.4 Å². The van der Waals surface area contributed by atoms with Crippen LogP contribution >= 0.6 is 23.2 Å². The van der Waals surface area contributed by atoms with Gasteiger partial charge in [-0.3, -0.25) is 4.79 Å². The molecule has 0 spiro atoms. The zero-order valence-electron chi connectivity index (χ0n) is 11.7. The van der Waals surface area contributed by atoms with Gasteiger partial charge in [0.05, 0.1) is 10.0 Å². The number of ether oxygens (including phenoxy) is 1. The Balaban J connectivity index is 1.95. The van der Waals surface area contributed by atoms with Crippen LogP contribution in [0.2, 0.25) is 10.0 Å². The Hall–Kier alpha value is -0.930. The summed E-state index contributed by atoms with van der Waals surface area (Å²) in [6.07, 6.45) is 1.17. The van der Waals surface area contributed by atoms with Crippen LogP contribution < -0.4 is 4.74 Å². The molecule has 0 saturated carbocycles. The van der Waals surface area contributed by atoms with Crippen LogP contribution in [0, 0.1) is 11.8 Å². The lowest BCUT2D eigenvalue weighted by molar-refractivity contribution is -0.136. The fourth-order valence-corrected chi connectivity index (χ4v) is 3.22. The second kappa shape index (κ2) is 6.68. The van der Waals surface area contributed by atoms with Crippen molar-refractivity contribution in [3.8, 4) is 5.75 Å². The molecule has 0 bridgehead atoms. The minimum atomic E-state index is -0.0249. The van der Waals surface area contributed by atoms with Crippen LogP contribution in [-0.4, -0.2) is 30.5 Å². The largest absolute Gasteiger partial charge is 0.481 e. The van der Waals surface area contributed by atoms with E-state index in [2.05, 4.69) is 13.8 Å². The van der Waals surface area contributed by atoms with Crippen LogP contribution in [0.3, 0.4) is 0 Å². The number of nitrogens with zero attached hydrogens (tertiary/aromatic N) is 1. The van der Waals surface area contributed by atoms with E-state index in [1.54, 1.807) is 18.2 Å². The van der Waals surface area contributed by atoms with Crippen LogP contribution in [0.15, 0.2) is 18.2 Å². The van der Waals surface area contributed by atoms with Gasteiger partial charge in [-0.2, -0.15) is 0 Å². The summed E-state index contributed by atoms with van der Waals surface area (Å²) >= 11 is 12.0. The van der Waals surface area contributed by atoms with Gasteiger partial charge >= 0.3 is 0 Å². The van der Waals surface area contributed by atoms with Crippen molar-refractivity contribution in [2.45, 2.75) is 20.3 Å². The zero-order chi connectivity index (χ0) is 14.7. The molecule has 0 radical (unpaired) electrons. The molecule has 1 fully saturated rings. The number of rotatable bonds is 3. The standard InChI is InChI=1S/C15H19Cl2NO2/c1-10-6-11(2)8-18(7-10)14(19)9-20-15-12(16)4-3-5-13(15)17/h3-5,10-11H,6-9H2,1-2H3. The molecule has 1 aliphatic heterocycles. The molecule has 1 aromatic rings. The Morgan fingerprint density at radius 3 is 2.35 bits per heavy atom. The van der Waals surface area contributed by atoms with E-state index < -0.39 is 0 Å². The van der Waals surface area contributed by atoms with E-state index in [0.717, 1.165) is 13.1 Å². The predicted molar refractivity (Wildman–Crippen MR) is 81.5 cm³/mol. The van der Waals surface area contributed by atoms with Crippen LogP contribution in [0.5, 0.6) is 5.75 Å². The Morgan fingerprint density at radius 2 is 1.80 bits per heavy atom. The van der Waals surface area contributed by atoms with E-state index in [4.69, 9.17) is 27.9 Å². The zero-order valence-corrected chi connectivity index (χ0v) is 13.2. The molecule has 0 aromatic heterocycles. The van der Waals surface area contributed by atoms with Crippen molar-refractivity contribution in [2.24, 2.45) is 11.8 Å². The number of halogens is 2. The van der Waals surface area contributed by atoms with E-state index in [1.807, 2.05) is 4.90 Å². The fourth-order valence-electron chi connectivity index (χ4n) is 2.71. The molecule has 1 amide bonds. The van der Waals surface area contributed by atoms with Crippen LogP contribution in [0.1, 0.15) is 20.3 Å². The van der Waals surface area contributed by atoms with Gasteiger partial charge in [-0.15, -0.1) is 0 Å². The smallest absolute Gasteiger partial charge is 0.260 e. The number of hydrogen-bond donors (Lipinski definition) is 0. The molecule has 1 aliphatic rings.